The average molecular weight is 323 g/mol. The number of carboxylic acid groups (broad SMARTS) is 1. The molecule has 2 aromatic rings. The van der Waals surface area contributed by atoms with Crippen LogP contribution in [0, 0.1) is 0 Å². The van der Waals surface area contributed by atoms with Crippen LogP contribution in [0.4, 0.5) is 0 Å². The molecule has 1 aromatic carbocycles. The third-order valence-electron chi connectivity index (χ3n) is 3.57. The Morgan fingerprint density at radius 3 is 2.81 bits per heavy atom. The highest BCUT2D eigenvalue weighted by Gasteiger charge is 2.27. The summed E-state index contributed by atoms with van der Waals surface area (Å²) in [6, 6.07) is 9.14. The van der Waals surface area contributed by atoms with Gasteiger partial charge in [0.1, 0.15) is 4.21 Å². The Kier molecular flexibility index (Phi) is 3.56. The first-order valence-electron chi connectivity index (χ1n) is 6.36. The molecule has 21 heavy (non-hydrogen) atoms. The zero-order chi connectivity index (χ0) is 15.0. The van der Waals surface area contributed by atoms with Gasteiger partial charge in [0.25, 0.3) is 0 Å². The molecule has 0 bridgehead atoms. The monoisotopic (exact) mass is 323 g/mol. The number of benzene rings is 1. The predicted octanol–water partition coefficient (Wildman–Crippen LogP) is 2.06. The van der Waals surface area contributed by atoms with Crippen molar-refractivity contribution in [3.8, 4) is 0 Å². The minimum atomic E-state index is -3.64. The van der Waals surface area contributed by atoms with Crippen LogP contribution in [0.3, 0.4) is 0 Å². The first kappa shape index (κ1) is 14.2. The highest BCUT2D eigenvalue weighted by Crippen LogP contribution is 2.34. The molecule has 0 saturated heterocycles. The van der Waals surface area contributed by atoms with Gasteiger partial charge in [-0.25, -0.2) is 17.9 Å². The molecule has 1 unspecified atom stereocenters. The van der Waals surface area contributed by atoms with Crippen molar-refractivity contribution in [3.05, 3.63) is 52.4 Å². The van der Waals surface area contributed by atoms with Crippen molar-refractivity contribution in [3.63, 3.8) is 0 Å². The molecule has 0 spiro atoms. The van der Waals surface area contributed by atoms with Crippen molar-refractivity contribution >= 4 is 27.3 Å². The molecule has 1 aliphatic rings. The number of hydrogen-bond donors (Lipinski definition) is 2. The van der Waals surface area contributed by atoms with E-state index in [-0.39, 0.29) is 15.7 Å². The quantitative estimate of drug-likeness (QED) is 0.882. The molecule has 5 nitrogen and oxygen atoms in total. The Bertz CT molecular complexity index is 795. The van der Waals surface area contributed by atoms with Gasteiger partial charge in [-0.3, -0.25) is 0 Å². The van der Waals surface area contributed by atoms with Crippen molar-refractivity contribution in [2.75, 3.05) is 6.54 Å². The number of fused-ring (bicyclic) bond motifs is 1. The van der Waals surface area contributed by atoms with Gasteiger partial charge < -0.3 is 5.11 Å². The molecular weight excluding hydrogens is 310 g/mol. The summed E-state index contributed by atoms with van der Waals surface area (Å²) in [6.45, 7) is 0.333. The number of carboxylic acids is 1. The molecule has 3 rings (SSSR count). The van der Waals surface area contributed by atoms with Crippen LogP contribution < -0.4 is 4.72 Å². The molecule has 2 N–H and O–H groups in total. The SMILES string of the molecule is O=C(O)c1csc(S(=O)(=O)NCC2Cc3ccccc32)c1. The van der Waals surface area contributed by atoms with Crippen LogP contribution in [0.1, 0.15) is 27.4 Å². The standard InChI is InChI=1S/C14H13NO4S2/c16-14(17)11-6-13(20-8-11)21(18,19)15-7-10-5-9-3-1-2-4-12(9)10/h1-4,6,8,10,15H,5,7H2,(H,16,17). The van der Waals surface area contributed by atoms with Crippen LogP contribution in [0.5, 0.6) is 0 Å². The molecule has 0 saturated carbocycles. The normalized spacial score (nSPS) is 17.0. The minimum Gasteiger partial charge on any atom is -0.478 e. The lowest BCUT2D eigenvalue weighted by Crippen LogP contribution is -2.32. The summed E-state index contributed by atoms with van der Waals surface area (Å²) in [5.74, 6) is -0.935. The third kappa shape index (κ3) is 2.72. The van der Waals surface area contributed by atoms with Gasteiger partial charge in [0.05, 0.1) is 5.56 Å². The fourth-order valence-electron chi connectivity index (χ4n) is 2.40. The van der Waals surface area contributed by atoms with E-state index in [1.54, 1.807) is 0 Å². The summed E-state index contributed by atoms with van der Waals surface area (Å²) in [5.41, 5.74) is 2.43. The Morgan fingerprint density at radius 1 is 1.38 bits per heavy atom. The molecule has 1 aliphatic carbocycles. The molecule has 0 radical (unpaired) electrons. The van der Waals surface area contributed by atoms with E-state index in [2.05, 4.69) is 4.72 Å². The maximum Gasteiger partial charge on any atom is 0.336 e. The smallest absolute Gasteiger partial charge is 0.336 e. The number of rotatable bonds is 5. The number of sulfonamides is 1. The minimum absolute atomic E-state index is 0.00522. The second-order valence-electron chi connectivity index (χ2n) is 4.91. The first-order valence-corrected chi connectivity index (χ1v) is 8.73. The van der Waals surface area contributed by atoms with Gasteiger partial charge in [-0.1, -0.05) is 24.3 Å². The van der Waals surface area contributed by atoms with E-state index in [4.69, 9.17) is 5.11 Å². The Hall–Kier alpha value is -1.70. The van der Waals surface area contributed by atoms with Crippen molar-refractivity contribution < 1.29 is 18.3 Å². The molecule has 7 heteroatoms. The van der Waals surface area contributed by atoms with Gasteiger partial charge in [0.2, 0.25) is 10.0 Å². The Balaban J connectivity index is 1.69. The summed E-state index contributed by atoms with van der Waals surface area (Å²) in [4.78, 5) is 10.8. The van der Waals surface area contributed by atoms with E-state index >= 15 is 0 Å². The van der Waals surface area contributed by atoms with E-state index in [0.29, 0.717) is 6.54 Å². The Labute approximate surface area is 126 Å². The van der Waals surface area contributed by atoms with E-state index in [0.717, 1.165) is 17.8 Å². The highest BCUT2D eigenvalue weighted by atomic mass is 32.2. The van der Waals surface area contributed by atoms with Gasteiger partial charge in [0, 0.05) is 17.8 Å². The maximum absolute atomic E-state index is 12.1. The van der Waals surface area contributed by atoms with Gasteiger partial charge in [0.15, 0.2) is 0 Å². The number of carbonyl (C=O) groups is 1. The summed E-state index contributed by atoms with van der Waals surface area (Å²) < 4.78 is 26.9. The van der Waals surface area contributed by atoms with E-state index < -0.39 is 16.0 Å². The van der Waals surface area contributed by atoms with Crippen molar-refractivity contribution in [2.24, 2.45) is 0 Å². The van der Waals surface area contributed by atoms with Gasteiger partial charge in [-0.05, 0) is 23.6 Å². The zero-order valence-corrected chi connectivity index (χ0v) is 12.6. The fourth-order valence-corrected chi connectivity index (χ4v) is 4.68. The molecular formula is C14H13NO4S2. The van der Waals surface area contributed by atoms with Crippen LogP contribution in [-0.4, -0.2) is 26.0 Å². The van der Waals surface area contributed by atoms with Crippen LogP contribution in [-0.2, 0) is 16.4 Å². The Morgan fingerprint density at radius 2 is 2.14 bits per heavy atom. The topological polar surface area (TPSA) is 83.5 Å². The molecule has 0 fully saturated rings. The van der Waals surface area contributed by atoms with Crippen LogP contribution in [0.25, 0.3) is 0 Å². The average Bonchev–Trinajstić information content (AvgIpc) is 2.90. The summed E-state index contributed by atoms with van der Waals surface area (Å²) >= 11 is 0.916. The van der Waals surface area contributed by atoms with E-state index in [9.17, 15) is 13.2 Å². The van der Waals surface area contributed by atoms with Crippen LogP contribution >= 0.6 is 11.3 Å². The molecule has 1 aromatic heterocycles. The van der Waals surface area contributed by atoms with Crippen molar-refractivity contribution in [1.29, 1.82) is 0 Å². The summed E-state index contributed by atoms with van der Waals surface area (Å²) in [5, 5.41) is 10.2. The lowest BCUT2D eigenvalue weighted by atomic mass is 9.78. The van der Waals surface area contributed by atoms with E-state index in [1.165, 1.54) is 22.6 Å². The molecule has 1 heterocycles. The van der Waals surface area contributed by atoms with Crippen LogP contribution in [0.2, 0.25) is 0 Å². The highest BCUT2D eigenvalue weighted by molar-refractivity contribution is 7.91. The lowest BCUT2D eigenvalue weighted by Gasteiger charge is -2.29. The van der Waals surface area contributed by atoms with E-state index in [1.807, 2.05) is 24.3 Å². The summed E-state index contributed by atoms with van der Waals surface area (Å²) in [7, 11) is -3.64. The summed E-state index contributed by atoms with van der Waals surface area (Å²) in [6.07, 6.45) is 0.865. The van der Waals surface area contributed by atoms with Crippen LogP contribution in [0.15, 0.2) is 39.9 Å². The van der Waals surface area contributed by atoms with Crippen molar-refractivity contribution in [1.82, 2.24) is 4.72 Å². The lowest BCUT2D eigenvalue weighted by molar-refractivity contribution is 0.0697. The van der Waals surface area contributed by atoms with Gasteiger partial charge in [-0.2, -0.15) is 0 Å². The fraction of sp³-hybridized carbons (Fsp3) is 0.214. The van der Waals surface area contributed by atoms with Gasteiger partial charge >= 0.3 is 5.97 Å². The second kappa shape index (κ2) is 5.25. The number of aromatic carboxylic acids is 1. The molecule has 110 valence electrons. The third-order valence-corrected chi connectivity index (χ3v) is 6.43. The second-order valence-corrected chi connectivity index (χ2v) is 7.82. The van der Waals surface area contributed by atoms with Gasteiger partial charge in [-0.15, -0.1) is 11.3 Å². The molecule has 0 aliphatic heterocycles. The largest absolute Gasteiger partial charge is 0.478 e. The van der Waals surface area contributed by atoms with Crippen molar-refractivity contribution in [2.45, 2.75) is 16.5 Å². The maximum atomic E-state index is 12.1. The predicted molar refractivity (Wildman–Crippen MR) is 79.4 cm³/mol. The molecule has 1 atom stereocenters. The number of nitrogens with one attached hydrogen (secondary N) is 1. The number of thiophene rings is 1. The number of hydrogen-bond acceptors (Lipinski definition) is 4. The zero-order valence-electron chi connectivity index (χ0n) is 10.9. The molecule has 0 amide bonds. The first-order chi connectivity index (χ1) is 9.97.